The van der Waals surface area contributed by atoms with Crippen molar-refractivity contribution in [3.05, 3.63) is 53.6 Å². The Bertz CT molecular complexity index is 601. The third kappa shape index (κ3) is 2.64. The van der Waals surface area contributed by atoms with Gasteiger partial charge in [-0.2, -0.15) is 0 Å². The van der Waals surface area contributed by atoms with Crippen LogP contribution in [0, 0.1) is 0 Å². The SMILES string of the molecule is COc1ccc(CNc2ccc3c(c2)B(O)OC3)cc1. The molecule has 0 aliphatic carbocycles. The van der Waals surface area contributed by atoms with E-state index >= 15 is 0 Å². The van der Waals surface area contributed by atoms with E-state index < -0.39 is 7.12 Å². The number of hydrogen-bond acceptors (Lipinski definition) is 4. The van der Waals surface area contributed by atoms with Crippen LogP contribution in [0.1, 0.15) is 11.1 Å². The molecule has 20 heavy (non-hydrogen) atoms. The highest BCUT2D eigenvalue weighted by molar-refractivity contribution is 6.61. The predicted octanol–water partition coefficient (Wildman–Crippen LogP) is 1.52. The summed E-state index contributed by atoms with van der Waals surface area (Å²) < 4.78 is 10.3. The van der Waals surface area contributed by atoms with E-state index in [-0.39, 0.29) is 0 Å². The molecule has 2 N–H and O–H groups in total. The van der Waals surface area contributed by atoms with Gasteiger partial charge in [-0.3, -0.25) is 0 Å². The van der Waals surface area contributed by atoms with Crippen molar-refractivity contribution in [2.45, 2.75) is 13.2 Å². The van der Waals surface area contributed by atoms with Gasteiger partial charge in [-0.25, -0.2) is 0 Å². The molecule has 0 bridgehead atoms. The molecule has 3 rings (SSSR count). The standard InChI is InChI=1S/C15H16BNO3/c1-19-14-6-2-11(3-7-14)9-17-13-5-4-12-10-20-16(18)15(12)8-13/h2-8,17-18H,9-10H2,1H3. The van der Waals surface area contributed by atoms with Gasteiger partial charge in [-0.05, 0) is 40.9 Å². The second-order valence-electron chi connectivity index (χ2n) is 4.78. The minimum absolute atomic E-state index is 0.481. The highest BCUT2D eigenvalue weighted by Crippen LogP contribution is 2.16. The van der Waals surface area contributed by atoms with Crippen LogP contribution in [0.4, 0.5) is 5.69 Å². The molecule has 102 valence electrons. The van der Waals surface area contributed by atoms with Crippen LogP contribution >= 0.6 is 0 Å². The zero-order valence-corrected chi connectivity index (χ0v) is 11.3. The average Bonchev–Trinajstić information content (AvgIpc) is 2.87. The second kappa shape index (κ2) is 5.57. The Balaban J connectivity index is 1.67. The van der Waals surface area contributed by atoms with Gasteiger partial charge in [-0.1, -0.05) is 18.2 Å². The molecule has 0 amide bonds. The van der Waals surface area contributed by atoms with Crippen LogP contribution in [0.15, 0.2) is 42.5 Å². The monoisotopic (exact) mass is 269 g/mol. The molecule has 2 aromatic rings. The molecule has 0 saturated heterocycles. The Hall–Kier alpha value is -1.98. The average molecular weight is 269 g/mol. The Morgan fingerprint density at radius 2 is 2.05 bits per heavy atom. The zero-order chi connectivity index (χ0) is 13.9. The summed E-state index contributed by atoms with van der Waals surface area (Å²) >= 11 is 0. The summed E-state index contributed by atoms with van der Waals surface area (Å²) in [5.41, 5.74) is 4.05. The molecule has 0 aromatic heterocycles. The van der Waals surface area contributed by atoms with Crippen LogP contribution in [-0.4, -0.2) is 19.3 Å². The molecule has 1 aliphatic heterocycles. The van der Waals surface area contributed by atoms with E-state index in [2.05, 4.69) is 5.32 Å². The van der Waals surface area contributed by atoms with E-state index in [0.717, 1.165) is 29.0 Å². The lowest BCUT2D eigenvalue weighted by atomic mass is 9.79. The Kier molecular flexibility index (Phi) is 3.63. The summed E-state index contributed by atoms with van der Waals surface area (Å²) in [6, 6.07) is 13.9. The Morgan fingerprint density at radius 1 is 1.25 bits per heavy atom. The molecule has 0 unspecified atom stereocenters. The van der Waals surface area contributed by atoms with E-state index in [4.69, 9.17) is 9.39 Å². The lowest BCUT2D eigenvalue weighted by molar-refractivity contribution is 0.275. The van der Waals surface area contributed by atoms with Crippen LogP contribution < -0.4 is 15.5 Å². The van der Waals surface area contributed by atoms with Gasteiger partial charge in [0.1, 0.15) is 5.75 Å². The van der Waals surface area contributed by atoms with Gasteiger partial charge in [0, 0.05) is 12.2 Å². The fourth-order valence-electron chi connectivity index (χ4n) is 2.27. The number of nitrogens with one attached hydrogen (secondary N) is 1. The number of ether oxygens (including phenoxy) is 1. The van der Waals surface area contributed by atoms with E-state index in [1.807, 2.05) is 42.5 Å². The van der Waals surface area contributed by atoms with Crippen molar-refractivity contribution < 1.29 is 14.4 Å². The number of methoxy groups -OCH3 is 1. The van der Waals surface area contributed by atoms with Gasteiger partial charge in [0.2, 0.25) is 0 Å². The van der Waals surface area contributed by atoms with Gasteiger partial charge >= 0.3 is 7.12 Å². The molecule has 4 nitrogen and oxygen atoms in total. The molecule has 1 heterocycles. The molecule has 0 spiro atoms. The van der Waals surface area contributed by atoms with E-state index in [1.54, 1.807) is 7.11 Å². The number of fused-ring (bicyclic) bond motifs is 1. The van der Waals surface area contributed by atoms with Crippen LogP contribution in [-0.2, 0) is 17.8 Å². The van der Waals surface area contributed by atoms with Gasteiger partial charge in [0.05, 0.1) is 13.7 Å². The van der Waals surface area contributed by atoms with E-state index in [9.17, 15) is 5.02 Å². The first-order chi connectivity index (χ1) is 9.76. The first-order valence-electron chi connectivity index (χ1n) is 6.55. The molecule has 0 atom stereocenters. The zero-order valence-electron chi connectivity index (χ0n) is 11.3. The highest BCUT2D eigenvalue weighted by Gasteiger charge is 2.27. The van der Waals surface area contributed by atoms with Crippen molar-refractivity contribution in [2.75, 3.05) is 12.4 Å². The molecule has 2 aromatic carbocycles. The highest BCUT2D eigenvalue weighted by atomic mass is 16.5. The number of anilines is 1. The summed E-state index contributed by atoms with van der Waals surface area (Å²) in [5, 5.41) is 13.0. The fourth-order valence-corrected chi connectivity index (χ4v) is 2.27. The summed E-state index contributed by atoms with van der Waals surface area (Å²) in [4.78, 5) is 0. The lowest BCUT2D eigenvalue weighted by Gasteiger charge is -2.09. The molecule has 0 fully saturated rings. The van der Waals surface area contributed by atoms with Gasteiger partial charge < -0.3 is 19.7 Å². The first-order valence-corrected chi connectivity index (χ1v) is 6.55. The van der Waals surface area contributed by atoms with Gasteiger partial charge in [0.15, 0.2) is 0 Å². The lowest BCUT2D eigenvalue weighted by Crippen LogP contribution is -2.28. The maximum atomic E-state index is 9.68. The fraction of sp³-hybridized carbons (Fsp3) is 0.200. The number of benzene rings is 2. The predicted molar refractivity (Wildman–Crippen MR) is 79.2 cm³/mol. The smallest absolute Gasteiger partial charge is 0.491 e. The van der Waals surface area contributed by atoms with Crippen LogP contribution in [0.25, 0.3) is 0 Å². The topological polar surface area (TPSA) is 50.7 Å². The summed E-state index contributed by atoms with van der Waals surface area (Å²) in [6.07, 6.45) is 0. The van der Waals surface area contributed by atoms with Crippen molar-refractivity contribution in [3.8, 4) is 5.75 Å². The minimum Gasteiger partial charge on any atom is -0.497 e. The van der Waals surface area contributed by atoms with Gasteiger partial charge in [-0.15, -0.1) is 0 Å². The van der Waals surface area contributed by atoms with Crippen LogP contribution in [0.2, 0.25) is 0 Å². The number of hydrogen-bond donors (Lipinski definition) is 2. The van der Waals surface area contributed by atoms with E-state index in [1.165, 1.54) is 5.56 Å². The van der Waals surface area contributed by atoms with Crippen LogP contribution in [0.3, 0.4) is 0 Å². The molecule has 1 aliphatic rings. The van der Waals surface area contributed by atoms with Crippen molar-refractivity contribution in [1.82, 2.24) is 0 Å². The minimum atomic E-state index is -0.798. The van der Waals surface area contributed by atoms with Crippen molar-refractivity contribution in [1.29, 1.82) is 0 Å². The largest absolute Gasteiger partial charge is 0.497 e. The van der Waals surface area contributed by atoms with Crippen molar-refractivity contribution in [2.24, 2.45) is 0 Å². The summed E-state index contributed by atoms with van der Waals surface area (Å²) in [6.45, 7) is 1.20. The molecular weight excluding hydrogens is 253 g/mol. The molecule has 0 saturated carbocycles. The maximum Gasteiger partial charge on any atom is 0.491 e. The number of rotatable bonds is 4. The Labute approximate surface area is 118 Å². The summed E-state index contributed by atoms with van der Waals surface area (Å²) in [7, 11) is 0.860. The molecule has 0 radical (unpaired) electrons. The maximum absolute atomic E-state index is 9.68. The first kappa shape index (κ1) is 13.0. The molecular formula is C15H16BNO3. The molecule has 5 heteroatoms. The van der Waals surface area contributed by atoms with Crippen LogP contribution in [0.5, 0.6) is 5.75 Å². The van der Waals surface area contributed by atoms with Gasteiger partial charge in [0.25, 0.3) is 0 Å². The van der Waals surface area contributed by atoms with E-state index in [0.29, 0.717) is 6.61 Å². The third-order valence-electron chi connectivity index (χ3n) is 3.46. The quantitative estimate of drug-likeness (QED) is 0.826. The summed E-state index contributed by atoms with van der Waals surface area (Å²) in [5.74, 6) is 0.853. The second-order valence-corrected chi connectivity index (χ2v) is 4.78. The van der Waals surface area contributed by atoms with Crippen molar-refractivity contribution >= 4 is 18.3 Å². The normalized spacial score (nSPS) is 13.2. The Morgan fingerprint density at radius 3 is 2.80 bits per heavy atom. The third-order valence-corrected chi connectivity index (χ3v) is 3.46. The van der Waals surface area contributed by atoms with Crippen molar-refractivity contribution in [3.63, 3.8) is 0 Å².